The van der Waals surface area contributed by atoms with Crippen LogP contribution in [0.4, 0.5) is 5.69 Å². The first-order valence-electron chi connectivity index (χ1n) is 14.7. The highest BCUT2D eigenvalue weighted by Gasteiger charge is 2.38. The van der Waals surface area contributed by atoms with Crippen LogP contribution in [0.2, 0.25) is 5.02 Å². The van der Waals surface area contributed by atoms with Crippen LogP contribution < -0.4 is 9.64 Å². The molecule has 2 aromatic carbocycles. The highest BCUT2D eigenvalue weighted by atomic mass is 35.5. The molecule has 0 aromatic heterocycles. The Kier molecular flexibility index (Phi) is 9.35. The number of allylic oxidation sites excluding steroid dienone is 1. The van der Waals surface area contributed by atoms with E-state index in [-0.39, 0.29) is 12.0 Å². The summed E-state index contributed by atoms with van der Waals surface area (Å²) in [6, 6.07) is 12.7. The van der Waals surface area contributed by atoms with Crippen molar-refractivity contribution in [1.29, 1.82) is 0 Å². The fourth-order valence-corrected chi connectivity index (χ4v) is 6.84. The number of rotatable bonds is 4. The number of anilines is 1. The summed E-state index contributed by atoms with van der Waals surface area (Å²) in [5.41, 5.74) is 4.80. The summed E-state index contributed by atoms with van der Waals surface area (Å²) in [5.74, 6) is 2.28. The summed E-state index contributed by atoms with van der Waals surface area (Å²) >= 11 is 6.41. The second-order valence-electron chi connectivity index (χ2n) is 11.5. The molecule has 206 valence electrons. The molecule has 5 rings (SSSR count). The molecule has 0 spiro atoms. The van der Waals surface area contributed by atoms with E-state index in [2.05, 4.69) is 54.3 Å². The predicted molar refractivity (Wildman–Crippen MR) is 157 cm³/mol. The quantitative estimate of drug-likeness (QED) is 0.403. The number of halogens is 1. The van der Waals surface area contributed by atoms with Crippen molar-refractivity contribution >= 4 is 17.3 Å². The number of fused-ring (bicyclic) bond motifs is 2. The number of aliphatic hydroxyl groups excluding tert-OH is 1. The van der Waals surface area contributed by atoms with E-state index in [1.54, 1.807) is 0 Å². The molecule has 2 aliphatic heterocycles. The van der Waals surface area contributed by atoms with Crippen molar-refractivity contribution in [2.75, 3.05) is 31.7 Å². The molecule has 3 aliphatic rings. The van der Waals surface area contributed by atoms with E-state index in [0.29, 0.717) is 18.4 Å². The van der Waals surface area contributed by atoms with Gasteiger partial charge in [0.2, 0.25) is 0 Å². The molecule has 5 unspecified atom stereocenters. The van der Waals surface area contributed by atoms with E-state index in [4.69, 9.17) is 21.1 Å². The average molecular weight is 538 g/mol. The molecular formula is C33H44ClNO3. The molecule has 38 heavy (non-hydrogen) atoms. The molecule has 0 saturated heterocycles. The first-order valence-corrected chi connectivity index (χ1v) is 15.1. The summed E-state index contributed by atoms with van der Waals surface area (Å²) in [4.78, 5) is 2.55. The maximum atomic E-state index is 11.0. The van der Waals surface area contributed by atoms with Crippen LogP contribution in [0.3, 0.4) is 0 Å². The molecule has 2 heterocycles. The zero-order valence-electron chi connectivity index (χ0n) is 23.1. The highest BCUT2D eigenvalue weighted by Crippen LogP contribution is 2.43. The van der Waals surface area contributed by atoms with Gasteiger partial charge in [-0.25, -0.2) is 0 Å². The van der Waals surface area contributed by atoms with Gasteiger partial charge in [0.25, 0.3) is 0 Å². The van der Waals surface area contributed by atoms with E-state index in [0.717, 1.165) is 80.1 Å². The van der Waals surface area contributed by atoms with Crippen LogP contribution in [0, 0.1) is 11.8 Å². The number of aryl methyl sites for hydroxylation is 1. The smallest absolute Gasteiger partial charge is 0.142 e. The molecule has 5 heteroatoms. The van der Waals surface area contributed by atoms with Crippen LogP contribution in [0.15, 0.2) is 48.6 Å². The van der Waals surface area contributed by atoms with E-state index < -0.39 is 6.10 Å². The van der Waals surface area contributed by atoms with Crippen LogP contribution in [-0.2, 0) is 11.2 Å². The summed E-state index contributed by atoms with van der Waals surface area (Å²) < 4.78 is 12.5. The standard InChI is InChI=1S/C33H44ClNO3/c1-3-9-23-18-27(34)14-16-28(23)26-21-35-20-25-12-15-29(25)32(37-2)11-8-6-4-5-7-10-31(36)24-13-17-33(38-22-26)30(35)19-24/h8,11,13-14,16-19,25-26,29,31-32,36H,3-7,9-10,12,15,20-22H2,1-2H3/b11-8+. The van der Waals surface area contributed by atoms with Gasteiger partial charge in [0.05, 0.1) is 24.5 Å². The second-order valence-corrected chi connectivity index (χ2v) is 12.0. The topological polar surface area (TPSA) is 41.9 Å². The third-order valence-corrected chi connectivity index (χ3v) is 9.19. The zero-order chi connectivity index (χ0) is 26.5. The van der Waals surface area contributed by atoms with E-state index in [1.807, 2.05) is 13.2 Å². The van der Waals surface area contributed by atoms with Gasteiger partial charge in [-0.05, 0) is 91.3 Å². The van der Waals surface area contributed by atoms with Gasteiger partial charge in [-0.3, -0.25) is 0 Å². The van der Waals surface area contributed by atoms with E-state index in [9.17, 15) is 5.11 Å². The Balaban J connectivity index is 1.49. The lowest BCUT2D eigenvalue weighted by Crippen LogP contribution is -2.44. The minimum absolute atomic E-state index is 0.181. The number of benzene rings is 2. The van der Waals surface area contributed by atoms with Crippen molar-refractivity contribution in [1.82, 2.24) is 0 Å². The van der Waals surface area contributed by atoms with Crippen LogP contribution in [0.1, 0.15) is 87.0 Å². The van der Waals surface area contributed by atoms with E-state index >= 15 is 0 Å². The number of nitrogens with zero attached hydrogens (tertiary/aromatic N) is 1. The van der Waals surface area contributed by atoms with Gasteiger partial charge >= 0.3 is 0 Å². The Labute approximate surface area is 234 Å². The van der Waals surface area contributed by atoms with Gasteiger partial charge in [-0.15, -0.1) is 0 Å². The van der Waals surface area contributed by atoms with Crippen molar-refractivity contribution in [2.24, 2.45) is 11.8 Å². The Hall–Kier alpha value is -2.01. The third-order valence-electron chi connectivity index (χ3n) is 8.95. The SMILES string of the molecule is CCCc1cc(Cl)ccc1C1COc2ccc3cc2N(C1)CC1CCC1C(OC)/C=C/CCCCCC3O. The highest BCUT2D eigenvalue weighted by molar-refractivity contribution is 6.30. The lowest BCUT2D eigenvalue weighted by atomic mass is 9.70. The summed E-state index contributed by atoms with van der Waals surface area (Å²) in [6.45, 7) is 4.73. The van der Waals surface area contributed by atoms with Gasteiger partial charge in [-0.1, -0.05) is 62.1 Å². The molecule has 1 saturated carbocycles. The fraction of sp³-hybridized carbons (Fsp3) is 0.576. The van der Waals surface area contributed by atoms with Crippen molar-refractivity contribution in [3.8, 4) is 5.75 Å². The average Bonchev–Trinajstić information content (AvgIpc) is 3.08. The lowest BCUT2D eigenvalue weighted by molar-refractivity contribution is 0.0134. The number of methoxy groups -OCH3 is 1. The number of ether oxygens (including phenoxy) is 2. The van der Waals surface area contributed by atoms with Crippen LogP contribution in [0.5, 0.6) is 5.75 Å². The van der Waals surface area contributed by atoms with Gasteiger partial charge < -0.3 is 19.5 Å². The maximum Gasteiger partial charge on any atom is 0.142 e. The number of hydrogen-bond donors (Lipinski definition) is 1. The van der Waals surface area contributed by atoms with Gasteiger partial charge in [0.15, 0.2) is 0 Å². The molecule has 0 radical (unpaired) electrons. The predicted octanol–water partition coefficient (Wildman–Crippen LogP) is 7.87. The Bertz CT molecular complexity index is 1100. The first-order chi connectivity index (χ1) is 18.6. The first kappa shape index (κ1) is 27.6. The van der Waals surface area contributed by atoms with Gasteiger partial charge in [0.1, 0.15) is 5.75 Å². The van der Waals surface area contributed by atoms with Gasteiger partial charge in [0, 0.05) is 31.1 Å². The summed E-state index contributed by atoms with van der Waals surface area (Å²) in [6.07, 6.45) is 14.1. The summed E-state index contributed by atoms with van der Waals surface area (Å²) in [7, 11) is 1.86. The largest absolute Gasteiger partial charge is 0.491 e. The Morgan fingerprint density at radius 3 is 2.74 bits per heavy atom. The molecule has 1 fully saturated rings. The number of hydrogen-bond acceptors (Lipinski definition) is 4. The van der Waals surface area contributed by atoms with Crippen molar-refractivity contribution in [3.63, 3.8) is 0 Å². The Morgan fingerprint density at radius 2 is 1.95 bits per heavy atom. The van der Waals surface area contributed by atoms with Gasteiger partial charge in [-0.2, -0.15) is 0 Å². The molecule has 0 amide bonds. The van der Waals surface area contributed by atoms with Crippen molar-refractivity contribution in [2.45, 2.75) is 82.8 Å². The maximum absolute atomic E-state index is 11.0. The van der Waals surface area contributed by atoms with Crippen LogP contribution in [-0.4, -0.2) is 38.0 Å². The summed E-state index contributed by atoms with van der Waals surface area (Å²) in [5, 5.41) is 11.8. The molecule has 2 aromatic rings. The van der Waals surface area contributed by atoms with Crippen molar-refractivity contribution in [3.05, 3.63) is 70.3 Å². The Morgan fingerprint density at radius 1 is 1.05 bits per heavy atom. The molecule has 4 nitrogen and oxygen atoms in total. The molecule has 2 bridgehead atoms. The third kappa shape index (κ3) is 6.24. The van der Waals surface area contributed by atoms with Crippen molar-refractivity contribution < 1.29 is 14.6 Å². The van der Waals surface area contributed by atoms with Crippen LogP contribution in [0.25, 0.3) is 0 Å². The molecule has 5 atom stereocenters. The monoisotopic (exact) mass is 537 g/mol. The minimum atomic E-state index is -0.439. The van der Waals surface area contributed by atoms with Crippen LogP contribution >= 0.6 is 11.6 Å². The second kappa shape index (κ2) is 12.9. The lowest BCUT2D eigenvalue weighted by Gasteiger charge is -2.43. The van der Waals surface area contributed by atoms with E-state index in [1.165, 1.54) is 24.0 Å². The molecule has 1 N–H and O–H groups in total. The number of aliphatic hydroxyl groups is 1. The molecular weight excluding hydrogens is 494 g/mol. The minimum Gasteiger partial charge on any atom is -0.491 e. The zero-order valence-corrected chi connectivity index (χ0v) is 23.8. The molecule has 1 aliphatic carbocycles. The fourth-order valence-electron chi connectivity index (χ4n) is 6.64. The normalized spacial score (nSPS) is 28.9.